The van der Waals surface area contributed by atoms with Gasteiger partial charge in [0.25, 0.3) is 0 Å². The molecule has 0 radical (unpaired) electrons. The van der Waals surface area contributed by atoms with Crippen molar-refractivity contribution in [2.45, 2.75) is 38.9 Å². The summed E-state index contributed by atoms with van der Waals surface area (Å²) in [5.74, 6) is 0.578. The molecule has 0 fully saturated rings. The minimum absolute atomic E-state index is 0.0737. The third kappa shape index (κ3) is 2.79. The van der Waals surface area contributed by atoms with Crippen LogP contribution in [0.15, 0.2) is 6.20 Å². The van der Waals surface area contributed by atoms with Crippen LogP contribution in [0.3, 0.4) is 0 Å². The van der Waals surface area contributed by atoms with Gasteiger partial charge >= 0.3 is 0 Å². The van der Waals surface area contributed by atoms with E-state index in [1.807, 2.05) is 13.8 Å². The predicted molar refractivity (Wildman–Crippen MR) is 64.8 cm³/mol. The number of rotatable bonds is 6. The van der Waals surface area contributed by atoms with Crippen molar-refractivity contribution in [2.75, 3.05) is 7.11 Å². The monoisotopic (exact) mass is 242 g/mol. The Morgan fingerprint density at radius 1 is 1.35 bits per heavy atom. The van der Waals surface area contributed by atoms with Crippen LogP contribution in [0, 0.1) is 5.92 Å². The van der Waals surface area contributed by atoms with Crippen molar-refractivity contribution in [1.82, 2.24) is 9.78 Å². The lowest BCUT2D eigenvalue weighted by molar-refractivity contribution is -0.0258. The summed E-state index contributed by atoms with van der Waals surface area (Å²) in [7, 11) is 3.25. The molecule has 0 saturated heterocycles. The number of aliphatic hydroxyl groups excluding tert-OH is 2. The maximum absolute atomic E-state index is 10.2. The molecular weight excluding hydrogens is 220 g/mol. The fourth-order valence-corrected chi connectivity index (χ4v) is 2.11. The Labute approximate surface area is 102 Å². The van der Waals surface area contributed by atoms with Crippen molar-refractivity contribution in [1.29, 1.82) is 0 Å². The number of ether oxygens (including phenoxy) is 1. The maximum Gasteiger partial charge on any atom is 0.162 e. The summed E-state index contributed by atoms with van der Waals surface area (Å²) >= 11 is 0. The van der Waals surface area contributed by atoms with Gasteiger partial charge in [0, 0.05) is 7.05 Å². The van der Waals surface area contributed by atoms with Crippen LogP contribution in [0.2, 0.25) is 0 Å². The van der Waals surface area contributed by atoms with Gasteiger partial charge in [0.2, 0.25) is 0 Å². The topological polar surface area (TPSA) is 67.5 Å². The van der Waals surface area contributed by atoms with Gasteiger partial charge in [0.15, 0.2) is 5.75 Å². The molecule has 0 amide bonds. The summed E-state index contributed by atoms with van der Waals surface area (Å²) in [4.78, 5) is 0. The minimum atomic E-state index is -0.970. The van der Waals surface area contributed by atoms with E-state index >= 15 is 0 Å². The van der Waals surface area contributed by atoms with E-state index in [-0.39, 0.29) is 5.92 Å². The molecule has 0 aliphatic heterocycles. The van der Waals surface area contributed by atoms with Crippen molar-refractivity contribution in [3.63, 3.8) is 0 Å². The van der Waals surface area contributed by atoms with Gasteiger partial charge in [-0.15, -0.1) is 0 Å². The van der Waals surface area contributed by atoms with Crippen molar-refractivity contribution in [2.24, 2.45) is 13.0 Å². The highest BCUT2D eigenvalue weighted by Crippen LogP contribution is 2.31. The number of aryl methyl sites for hydroxylation is 1. The molecular formula is C12H22N2O3. The summed E-state index contributed by atoms with van der Waals surface area (Å²) in [5.41, 5.74) is 0.520. The van der Waals surface area contributed by atoms with Crippen LogP contribution in [-0.2, 0) is 7.05 Å². The van der Waals surface area contributed by atoms with Gasteiger partial charge in [-0.05, 0) is 5.92 Å². The SMILES string of the molecule is CCC(CC)C(O)C(O)c1c(OC)cnn1C. The highest BCUT2D eigenvalue weighted by Gasteiger charge is 2.29. The third-order valence-corrected chi connectivity index (χ3v) is 3.30. The van der Waals surface area contributed by atoms with Gasteiger partial charge in [-0.1, -0.05) is 26.7 Å². The van der Waals surface area contributed by atoms with Gasteiger partial charge < -0.3 is 14.9 Å². The fourth-order valence-electron chi connectivity index (χ4n) is 2.11. The van der Waals surface area contributed by atoms with Crippen molar-refractivity contribution in [3.8, 4) is 5.75 Å². The average Bonchev–Trinajstić information content (AvgIpc) is 2.70. The second-order valence-electron chi connectivity index (χ2n) is 4.23. The largest absolute Gasteiger partial charge is 0.493 e. The number of methoxy groups -OCH3 is 1. The van der Waals surface area contributed by atoms with E-state index in [0.29, 0.717) is 11.4 Å². The molecule has 2 atom stereocenters. The Morgan fingerprint density at radius 3 is 2.41 bits per heavy atom. The molecule has 0 aromatic carbocycles. The second kappa shape index (κ2) is 6.02. The summed E-state index contributed by atoms with van der Waals surface area (Å²) in [6, 6.07) is 0. The van der Waals surface area contributed by atoms with Crippen LogP contribution < -0.4 is 4.74 Å². The molecule has 17 heavy (non-hydrogen) atoms. The normalized spacial score (nSPS) is 15.0. The van der Waals surface area contributed by atoms with E-state index in [0.717, 1.165) is 12.8 Å². The van der Waals surface area contributed by atoms with Crippen LogP contribution in [0.5, 0.6) is 5.75 Å². The second-order valence-corrected chi connectivity index (χ2v) is 4.23. The first-order valence-electron chi connectivity index (χ1n) is 5.98. The number of nitrogens with zero attached hydrogens (tertiary/aromatic N) is 2. The number of hydrogen-bond donors (Lipinski definition) is 2. The minimum Gasteiger partial charge on any atom is -0.493 e. The third-order valence-electron chi connectivity index (χ3n) is 3.30. The molecule has 5 nitrogen and oxygen atoms in total. The quantitative estimate of drug-likeness (QED) is 0.788. The molecule has 5 heteroatoms. The Kier molecular flexibility index (Phi) is 4.96. The summed E-state index contributed by atoms with van der Waals surface area (Å²) in [6.45, 7) is 4.01. The molecule has 2 unspecified atom stereocenters. The van der Waals surface area contributed by atoms with Gasteiger partial charge in [-0.2, -0.15) is 5.10 Å². The smallest absolute Gasteiger partial charge is 0.162 e. The first-order chi connectivity index (χ1) is 8.06. The highest BCUT2D eigenvalue weighted by molar-refractivity contribution is 5.27. The number of aromatic nitrogens is 2. The Balaban J connectivity index is 2.94. The molecule has 1 aromatic rings. The van der Waals surface area contributed by atoms with Crippen LogP contribution in [-0.4, -0.2) is 33.2 Å². The van der Waals surface area contributed by atoms with E-state index in [9.17, 15) is 10.2 Å². The van der Waals surface area contributed by atoms with E-state index in [1.165, 1.54) is 18.0 Å². The zero-order valence-electron chi connectivity index (χ0n) is 10.9. The average molecular weight is 242 g/mol. The maximum atomic E-state index is 10.2. The lowest BCUT2D eigenvalue weighted by atomic mass is 9.91. The Morgan fingerprint density at radius 2 is 1.94 bits per heavy atom. The van der Waals surface area contributed by atoms with E-state index in [2.05, 4.69) is 5.10 Å². The van der Waals surface area contributed by atoms with Gasteiger partial charge in [-0.3, -0.25) is 4.68 Å². The number of hydrogen-bond acceptors (Lipinski definition) is 4. The number of aliphatic hydroxyl groups is 2. The van der Waals surface area contributed by atoms with Gasteiger partial charge in [-0.25, -0.2) is 0 Å². The van der Waals surface area contributed by atoms with Crippen LogP contribution in [0.25, 0.3) is 0 Å². The standard InChI is InChI=1S/C12H22N2O3/c1-5-8(6-2)11(15)12(16)10-9(17-4)7-13-14(10)3/h7-8,11-12,15-16H,5-6H2,1-4H3. The zero-order chi connectivity index (χ0) is 13.0. The van der Waals surface area contributed by atoms with E-state index in [1.54, 1.807) is 7.05 Å². The van der Waals surface area contributed by atoms with Crippen LogP contribution >= 0.6 is 0 Å². The molecule has 0 aliphatic carbocycles. The van der Waals surface area contributed by atoms with E-state index < -0.39 is 12.2 Å². The first-order valence-corrected chi connectivity index (χ1v) is 5.98. The molecule has 98 valence electrons. The van der Waals surface area contributed by atoms with Gasteiger partial charge in [0.05, 0.1) is 19.4 Å². The molecule has 1 heterocycles. The summed E-state index contributed by atoms with van der Waals surface area (Å²) < 4.78 is 6.67. The molecule has 0 saturated carbocycles. The molecule has 0 aliphatic rings. The molecule has 0 bridgehead atoms. The van der Waals surface area contributed by atoms with Crippen LogP contribution in [0.4, 0.5) is 0 Å². The Bertz CT molecular complexity index is 348. The molecule has 0 spiro atoms. The molecule has 2 N–H and O–H groups in total. The first kappa shape index (κ1) is 14.0. The van der Waals surface area contributed by atoms with Crippen molar-refractivity contribution in [3.05, 3.63) is 11.9 Å². The van der Waals surface area contributed by atoms with E-state index in [4.69, 9.17) is 4.74 Å². The summed E-state index contributed by atoms with van der Waals surface area (Å²) in [6.07, 6.45) is 1.43. The van der Waals surface area contributed by atoms with Crippen LogP contribution in [0.1, 0.15) is 38.5 Å². The lowest BCUT2D eigenvalue weighted by Gasteiger charge is -2.25. The summed E-state index contributed by atoms with van der Waals surface area (Å²) in [5, 5.41) is 24.4. The molecule has 1 aromatic heterocycles. The lowest BCUT2D eigenvalue weighted by Crippen LogP contribution is -2.28. The predicted octanol–water partition coefficient (Wildman–Crippen LogP) is 1.26. The fraction of sp³-hybridized carbons (Fsp3) is 0.750. The molecule has 1 rings (SSSR count). The van der Waals surface area contributed by atoms with Crippen molar-refractivity contribution >= 4 is 0 Å². The van der Waals surface area contributed by atoms with Crippen molar-refractivity contribution < 1.29 is 14.9 Å². The zero-order valence-corrected chi connectivity index (χ0v) is 10.9. The highest BCUT2D eigenvalue weighted by atomic mass is 16.5. The Hall–Kier alpha value is -1.07. The van der Waals surface area contributed by atoms with Gasteiger partial charge in [0.1, 0.15) is 11.8 Å².